The van der Waals surface area contributed by atoms with E-state index in [-0.39, 0.29) is 18.1 Å². The third-order valence-electron chi connectivity index (χ3n) is 1.61. The van der Waals surface area contributed by atoms with Gasteiger partial charge in [-0.1, -0.05) is 15.9 Å². The molecule has 0 aliphatic heterocycles. The molecular formula is C10H9Br2NO2. The van der Waals surface area contributed by atoms with Crippen molar-refractivity contribution in [3.63, 3.8) is 0 Å². The fraction of sp³-hybridized carbons (Fsp3) is 0.200. The van der Waals surface area contributed by atoms with Crippen molar-refractivity contribution in [1.82, 2.24) is 0 Å². The molecule has 0 unspecified atom stereocenters. The number of benzene rings is 1. The van der Waals surface area contributed by atoms with Crippen molar-refractivity contribution in [2.24, 2.45) is 0 Å². The summed E-state index contributed by atoms with van der Waals surface area (Å²) in [6.07, 6.45) is -0.0947. The van der Waals surface area contributed by atoms with E-state index in [1.165, 1.54) is 6.92 Å². The van der Waals surface area contributed by atoms with Crippen LogP contribution in [0.4, 0.5) is 5.69 Å². The molecule has 80 valence electrons. The van der Waals surface area contributed by atoms with Crippen LogP contribution in [0.25, 0.3) is 0 Å². The van der Waals surface area contributed by atoms with Gasteiger partial charge in [0.2, 0.25) is 5.91 Å². The quantitative estimate of drug-likeness (QED) is 0.863. The molecule has 15 heavy (non-hydrogen) atoms. The van der Waals surface area contributed by atoms with Gasteiger partial charge in [-0.25, -0.2) is 0 Å². The maximum absolute atomic E-state index is 11.3. The average molecular weight is 335 g/mol. The molecule has 0 saturated carbocycles. The Labute approximate surface area is 104 Å². The highest BCUT2D eigenvalue weighted by Crippen LogP contribution is 2.26. The van der Waals surface area contributed by atoms with Crippen LogP contribution in [0.3, 0.4) is 0 Å². The number of amides is 1. The molecule has 0 spiro atoms. The molecule has 1 aromatic carbocycles. The minimum Gasteiger partial charge on any atom is -0.325 e. The molecule has 0 aromatic heterocycles. The van der Waals surface area contributed by atoms with Gasteiger partial charge >= 0.3 is 0 Å². The Morgan fingerprint density at radius 2 is 2.00 bits per heavy atom. The van der Waals surface area contributed by atoms with E-state index >= 15 is 0 Å². The lowest BCUT2D eigenvalue weighted by molar-refractivity contribution is -0.124. The number of nitrogens with one attached hydrogen (secondary N) is 1. The first-order valence-electron chi connectivity index (χ1n) is 4.23. The third-order valence-corrected chi connectivity index (χ3v) is 2.76. The molecule has 0 heterocycles. The molecule has 3 nitrogen and oxygen atoms in total. The molecule has 0 fully saturated rings. The summed E-state index contributed by atoms with van der Waals surface area (Å²) in [7, 11) is 0. The van der Waals surface area contributed by atoms with E-state index in [2.05, 4.69) is 37.2 Å². The van der Waals surface area contributed by atoms with Gasteiger partial charge in [0.05, 0.1) is 12.1 Å². The minimum atomic E-state index is -0.300. The SMILES string of the molecule is CC(=O)CC(=O)Nc1ccc(Br)cc1Br. The molecule has 0 aliphatic rings. The van der Waals surface area contributed by atoms with Gasteiger partial charge in [-0.2, -0.15) is 0 Å². The summed E-state index contributed by atoms with van der Waals surface area (Å²) in [5.41, 5.74) is 0.657. The predicted molar refractivity (Wildman–Crippen MR) is 65.8 cm³/mol. The summed E-state index contributed by atoms with van der Waals surface area (Å²) in [4.78, 5) is 22.0. The first-order chi connectivity index (χ1) is 6.99. The third kappa shape index (κ3) is 4.13. The van der Waals surface area contributed by atoms with Crippen LogP contribution >= 0.6 is 31.9 Å². The van der Waals surface area contributed by atoms with Gasteiger partial charge in [-0.3, -0.25) is 9.59 Å². The van der Waals surface area contributed by atoms with E-state index in [0.29, 0.717) is 5.69 Å². The molecule has 0 radical (unpaired) electrons. The highest BCUT2D eigenvalue weighted by atomic mass is 79.9. The number of halogens is 2. The van der Waals surface area contributed by atoms with Crippen molar-refractivity contribution in [3.8, 4) is 0 Å². The lowest BCUT2D eigenvalue weighted by atomic mass is 10.2. The zero-order valence-electron chi connectivity index (χ0n) is 8.01. The molecule has 0 bridgehead atoms. The summed E-state index contributed by atoms with van der Waals surface area (Å²) in [5.74, 6) is -0.453. The van der Waals surface area contributed by atoms with Crippen molar-refractivity contribution in [2.75, 3.05) is 5.32 Å². The molecule has 1 rings (SSSR count). The minimum absolute atomic E-state index is 0.0947. The average Bonchev–Trinajstić information content (AvgIpc) is 2.08. The maximum atomic E-state index is 11.3. The second-order valence-corrected chi connectivity index (χ2v) is 4.82. The Bertz CT molecular complexity index is 404. The fourth-order valence-corrected chi connectivity index (χ4v) is 2.16. The van der Waals surface area contributed by atoms with Gasteiger partial charge in [0.1, 0.15) is 5.78 Å². The summed E-state index contributed by atoms with van der Waals surface area (Å²) in [5, 5.41) is 2.64. The van der Waals surface area contributed by atoms with E-state index in [1.54, 1.807) is 6.07 Å². The standard InChI is InChI=1S/C10H9Br2NO2/c1-6(14)4-10(15)13-9-3-2-7(11)5-8(9)12/h2-3,5H,4H2,1H3,(H,13,15). The first kappa shape index (κ1) is 12.4. The van der Waals surface area contributed by atoms with Crippen LogP contribution in [0, 0.1) is 0 Å². The Balaban J connectivity index is 2.72. The zero-order valence-corrected chi connectivity index (χ0v) is 11.2. The smallest absolute Gasteiger partial charge is 0.231 e. The van der Waals surface area contributed by atoms with Crippen LogP contribution in [0.1, 0.15) is 13.3 Å². The predicted octanol–water partition coefficient (Wildman–Crippen LogP) is 3.13. The molecule has 0 atom stereocenters. The topological polar surface area (TPSA) is 46.2 Å². The maximum Gasteiger partial charge on any atom is 0.231 e. The number of carbonyl (C=O) groups excluding carboxylic acids is 2. The molecule has 5 heteroatoms. The van der Waals surface area contributed by atoms with Crippen molar-refractivity contribution in [1.29, 1.82) is 0 Å². The van der Waals surface area contributed by atoms with Crippen LogP contribution in [0.2, 0.25) is 0 Å². The Kier molecular flexibility index (Phi) is 4.47. The number of hydrogen-bond acceptors (Lipinski definition) is 2. The highest BCUT2D eigenvalue weighted by molar-refractivity contribution is 9.11. The van der Waals surface area contributed by atoms with Gasteiger partial charge in [0.15, 0.2) is 0 Å². The monoisotopic (exact) mass is 333 g/mol. The Hall–Kier alpha value is -0.680. The number of carbonyl (C=O) groups is 2. The number of Topliss-reactive ketones (excluding diaryl/α,β-unsaturated/α-hetero) is 1. The Morgan fingerprint density at radius 3 is 2.53 bits per heavy atom. The molecule has 1 N–H and O–H groups in total. The lowest BCUT2D eigenvalue weighted by Gasteiger charge is -2.06. The van der Waals surface area contributed by atoms with Gasteiger partial charge < -0.3 is 5.32 Å². The van der Waals surface area contributed by atoms with Crippen molar-refractivity contribution in [3.05, 3.63) is 27.1 Å². The van der Waals surface area contributed by atoms with E-state index in [1.807, 2.05) is 12.1 Å². The molecule has 1 amide bonds. The van der Waals surface area contributed by atoms with E-state index < -0.39 is 0 Å². The zero-order chi connectivity index (χ0) is 11.4. The van der Waals surface area contributed by atoms with Crippen molar-refractivity contribution >= 4 is 49.2 Å². The van der Waals surface area contributed by atoms with E-state index in [9.17, 15) is 9.59 Å². The Morgan fingerprint density at radius 1 is 1.33 bits per heavy atom. The molecule has 0 saturated heterocycles. The summed E-state index contributed by atoms with van der Waals surface area (Å²) >= 11 is 6.62. The van der Waals surface area contributed by atoms with E-state index in [0.717, 1.165) is 8.95 Å². The second-order valence-electron chi connectivity index (χ2n) is 3.05. The number of hydrogen-bond donors (Lipinski definition) is 1. The number of rotatable bonds is 3. The van der Waals surface area contributed by atoms with Crippen LogP contribution < -0.4 is 5.32 Å². The highest BCUT2D eigenvalue weighted by Gasteiger charge is 2.07. The molecule has 0 aliphatic carbocycles. The van der Waals surface area contributed by atoms with E-state index in [4.69, 9.17) is 0 Å². The second kappa shape index (κ2) is 5.42. The number of anilines is 1. The first-order valence-corrected chi connectivity index (χ1v) is 5.82. The molecular weight excluding hydrogens is 326 g/mol. The van der Waals surface area contributed by atoms with Crippen molar-refractivity contribution < 1.29 is 9.59 Å². The van der Waals surface area contributed by atoms with Crippen LogP contribution in [-0.2, 0) is 9.59 Å². The van der Waals surface area contributed by atoms with Crippen LogP contribution in [0.5, 0.6) is 0 Å². The molecule has 1 aromatic rings. The lowest BCUT2D eigenvalue weighted by Crippen LogP contribution is -2.14. The van der Waals surface area contributed by atoms with Gasteiger partial charge in [-0.15, -0.1) is 0 Å². The van der Waals surface area contributed by atoms with Crippen molar-refractivity contribution in [2.45, 2.75) is 13.3 Å². The van der Waals surface area contributed by atoms with Crippen LogP contribution in [-0.4, -0.2) is 11.7 Å². The summed E-state index contributed by atoms with van der Waals surface area (Å²) in [6.45, 7) is 1.39. The van der Waals surface area contributed by atoms with Gasteiger partial charge in [-0.05, 0) is 41.1 Å². The largest absolute Gasteiger partial charge is 0.325 e. The van der Waals surface area contributed by atoms with Crippen LogP contribution in [0.15, 0.2) is 27.1 Å². The summed E-state index contributed by atoms with van der Waals surface area (Å²) in [6, 6.07) is 5.39. The van der Waals surface area contributed by atoms with Gasteiger partial charge in [0.25, 0.3) is 0 Å². The summed E-state index contributed by atoms with van der Waals surface area (Å²) < 4.78 is 1.69. The fourth-order valence-electron chi connectivity index (χ4n) is 1.01. The van der Waals surface area contributed by atoms with Gasteiger partial charge in [0, 0.05) is 8.95 Å². The normalized spacial score (nSPS) is 9.80. The number of ketones is 1.